The highest BCUT2D eigenvalue weighted by molar-refractivity contribution is 7.88. The molecule has 5 nitrogen and oxygen atoms in total. The first-order valence-corrected chi connectivity index (χ1v) is 8.04. The fraction of sp³-hybridized carbons (Fsp3) is 0.462. The van der Waals surface area contributed by atoms with Crippen LogP contribution in [-0.2, 0) is 20.2 Å². The lowest BCUT2D eigenvalue weighted by atomic mass is 9.81. The number of rotatable bonds is 1. The van der Waals surface area contributed by atoms with Gasteiger partial charge in [-0.15, -0.1) is 0 Å². The molecule has 1 aromatic carbocycles. The summed E-state index contributed by atoms with van der Waals surface area (Å²) < 4.78 is 24.8. The molecular formula is C13H16N2O3S. The number of anilines is 1. The van der Waals surface area contributed by atoms with E-state index < -0.39 is 15.4 Å². The zero-order valence-corrected chi connectivity index (χ0v) is 11.8. The molecule has 0 aromatic heterocycles. The number of nitrogens with zero attached hydrogens (tertiary/aromatic N) is 2. The van der Waals surface area contributed by atoms with Gasteiger partial charge in [-0.1, -0.05) is 18.2 Å². The van der Waals surface area contributed by atoms with Gasteiger partial charge in [-0.05, 0) is 18.1 Å². The zero-order valence-electron chi connectivity index (χ0n) is 11.0. The second kappa shape index (κ2) is 3.80. The van der Waals surface area contributed by atoms with Gasteiger partial charge in [0.2, 0.25) is 15.9 Å². The molecular weight excluding hydrogens is 264 g/mol. The fourth-order valence-electron chi connectivity index (χ4n) is 3.17. The Morgan fingerprint density at radius 1 is 1.26 bits per heavy atom. The average Bonchev–Trinajstić information content (AvgIpc) is 2.89. The molecule has 1 spiro atoms. The summed E-state index contributed by atoms with van der Waals surface area (Å²) in [5.41, 5.74) is 1.16. The van der Waals surface area contributed by atoms with Crippen molar-refractivity contribution in [1.29, 1.82) is 0 Å². The highest BCUT2D eigenvalue weighted by atomic mass is 32.2. The van der Waals surface area contributed by atoms with Gasteiger partial charge in [0.05, 0.1) is 11.7 Å². The summed E-state index contributed by atoms with van der Waals surface area (Å²) in [6.45, 7) is 0.665. The van der Waals surface area contributed by atoms with Crippen LogP contribution in [0, 0.1) is 0 Å². The molecule has 102 valence electrons. The molecule has 2 aliphatic heterocycles. The molecule has 0 N–H and O–H groups in total. The topological polar surface area (TPSA) is 57.7 Å². The lowest BCUT2D eigenvalue weighted by Crippen LogP contribution is -2.41. The second-order valence-corrected chi connectivity index (χ2v) is 7.29. The molecule has 0 saturated carbocycles. The first kappa shape index (κ1) is 12.6. The third-order valence-electron chi connectivity index (χ3n) is 4.20. The predicted octanol–water partition coefficient (Wildman–Crippen LogP) is 0.566. The maximum atomic E-state index is 12.6. The molecule has 0 unspecified atom stereocenters. The van der Waals surface area contributed by atoms with Crippen LogP contribution in [-0.4, -0.2) is 45.0 Å². The predicted molar refractivity (Wildman–Crippen MR) is 72.6 cm³/mol. The summed E-state index contributed by atoms with van der Waals surface area (Å²) in [6.07, 6.45) is 1.75. The number of carbonyl (C=O) groups excluding carboxylic acids is 1. The Balaban J connectivity index is 2.10. The van der Waals surface area contributed by atoms with Gasteiger partial charge < -0.3 is 4.90 Å². The smallest absolute Gasteiger partial charge is 0.238 e. The van der Waals surface area contributed by atoms with E-state index in [-0.39, 0.29) is 12.5 Å². The minimum atomic E-state index is -3.25. The summed E-state index contributed by atoms with van der Waals surface area (Å²) in [6, 6.07) is 7.63. The Hall–Kier alpha value is -1.40. The minimum absolute atomic E-state index is 0.000139. The van der Waals surface area contributed by atoms with E-state index in [1.807, 2.05) is 24.3 Å². The van der Waals surface area contributed by atoms with E-state index in [9.17, 15) is 13.2 Å². The van der Waals surface area contributed by atoms with Crippen molar-refractivity contribution in [1.82, 2.24) is 4.31 Å². The molecule has 1 saturated heterocycles. The molecule has 3 rings (SSSR count). The molecule has 19 heavy (non-hydrogen) atoms. The van der Waals surface area contributed by atoms with Crippen LogP contribution in [0.5, 0.6) is 0 Å². The van der Waals surface area contributed by atoms with Gasteiger partial charge in [0.1, 0.15) is 0 Å². The first-order chi connectivity index (χ1) is 8.86. The third-order valence-corrected chi connectivity index (χ3v) is 5.45. The van der Waals surface area contributed by atoms with Crippen LogP contribution in [0.1, 0.15) is 12.0 Å². The summed E-state index contributed by atoms with van der Waals surface area (Å²) in [5, 5.41) is 0. The monoisotopic (exact) mass is 280 g/mol. The number of carbonyl (C=O) groups is 1. The number of fused-ring (bicyclic) bond motifs is 2. The van der Waals surface area contributed by atoms with E-state index in [0.717, 1.165) is 11.3 Å². The van der Waals surface area contributed by atoms with Crippen LogP contribution in [0.25, 0.3) is 0 Å². The largest absolute Gasteiger partial charge is 0.314 e. The Kier molecular flexibility index (Phi) is 2.53. The van der Waals surface area contributed by atoms with E-state index in [1.54, 1.807) is 11.9 Å². The number of sulfonamides is 1. The highest BCUT2D eigenvalue weighted by Gasteiger charge is 2.54. The second-order valence-electron chi connectivity index (χ2n) is 5.31. The van der Waals surface area contributed by atoms with Crippen LogP contribution in [0.15, 0.2) is 24.3 Å². The number of hydrogen-bond acceptors (Lipinski definition) is 3. The van der Waals surface area contributed by atoms with Crippen LogP contribution in [0.3, 0.4) is 0 Å². The SMILES string of the molecule is CN1C(=O)[C@]2(CCN(S(C)(=O)=O)C2)c2ccccc21. The van der Waals surface area contributed by atoms with Gasteiger partial charge in [0.25, 0.3) is 0 Å². The normalized spacial score (nSPS) is 27.3. The number of benzene rings is 1. The maximum Gasteiger partial charge on any atom is 0.238 e. The fourth-order valence-corrected chi connectivity index (χ4v) is 4.05. The quantitative estimate of drug-likeness (QED) is 0.755. The van der Waals surface area contributed by atoms with Crippen LogP contribution in [0.4, 0.5) is 5.69 Å². The Labute approximate surface area is 112 Å². The lowest BCUT2D eigenvalue weighted by Gasteiger charge is -2.22. The first-order valence-electron chi connectivity index (χ1n) is 6.19. The minimum Gasteiger partial charge on any atom is -0.314 e. The molecule has 0 bridgehead atoms. The van der Waals surface area contributed by atoms with Crippen molar-refractivity contribution in [3.8, 4) is 0 Å². The third kappa shape index (κ3) is 1.63. The maximum absolute atomic E-state index is 12.6. The van der Waals surface area contributed by atoms with Gasteiger partial charge in [-0.2, -0.15) is 0 Å². The number of amides is 1. The van der Waals surface area contributed by atoms with E-state index in [2.05, 4.69) is 0 Å². The van der Waals surface area contributed by atoms with Gasteiger partial charge in [0, 0.05) is 25.8 Å². The van der Waals surface area contributed by atoms with Crippen molar-refractivity contribution in [2.45, 2.75) is 11.8 Å². The highest BCUT2D eigenvalue weighted by Crippen LogP contribution is 2.46. The summed E-state index contributed by atoms with van der Waals surface area (Å²) in [7, 11) is -1.50. The lowest BCUT2D eigenvalue weighted by molar-refractivity contribution is -0.122. The molecule has 0 aliphatic carbocycles. The van der Waals surface area contributed by atoms with Gasteiger partial charge in [0.15, 0.2) is 0 Å². The van der Waals surface area contributed by atoms with Crippen LogP contribution in [0.2, 0.25) is 0 Å². The molecule has 2 heterocycles. The summed E-state index contributed by atoms with van der Waals surface area (Å²) in [4.78, 5) is 14.2. The van der Waals surface area contributed by atoms with E-state index >= 15 is 0 Å². The Bertz CT molecular complexity index is 656. The molecule has 1 atom stereocenters. The summed E-state index contributed by atoms with van der Waals surface area (Å²) >= 11 is 0. The standard InChI is InChI=1S/C13H16N2O3S/c1-14-11-6-4-3-5-10(11)13(12(14)16)7-8-15(9-13)19(2,17)18/h3-6H,7-9H2,1-2H3/t13-/m0/s1. The molecule has 1 aromatic rings. The van der Waals surface area contributed by atoms with Crippen LogP contribution < -0.4 is 4.90 Å². The van der Waals surface area contributed by atoms with Gasteiger partial charge >= 0.3 is 0 Å². The Morgan fingerprint density at radius 2 is 1.95 bits per heavy atom. The van der Waals surface area contributed by atoms with Crippen molar-refractivity contribution in [2.24, 2.45) is 0 Å². The number of likely N-dealkylation sites (N-methyl/N-ethyl adjacent to an activating group) is 1. The van der Waals surface area contributed by atoms with Crippen molar-refractivity contribution >= 4 is 21.6 Å². The van der Waals surface area contributed by atoms with E-state index in [0.29, 0.717) is 13.0 Å². The van der Waals surface area contributed by atoms with Crippen LogP contribution >= 0.6 is 0 Å². The van der Waals surface area contributed by atoms with Crippen molar-refractivity contribution in [3.05, 3.63) is 29.8 Å². The van der Waals surface area contributed by atoms with Gasteiger partial charge in [-0.25, -0.2) is 12.7 Å². The van der Waals surface area contributed by atoms with Crippen molar-refractivity contribution < 1.29 is 13.2 Å². The van der Waals surface area contributed by atoms with Gasteiger partial charge in [-0.3, -0.25) is 4.79 Å². The average molecular weight is 280 g/mol. The summed E-state index contributed by atoms with van der Waals surface area (Å²) in [5.74, 6) is -0.000139. The molecule has 2 aliphatic rings. The molecule has 6 heteroatoms. The van der Waals surface area contributed by atoms with Crippen molar-refractivity contribution in [3.63, 3.8) is 0 Å². The Morgan fingerprint density at radius 3 is 2.58 bits per heavy atom. The molecule has 0 radical (unpaired) electrons. The number of hydrogen-bond donors (Lipinski definition) is 0. The molecule has 1 fully saturated rings. The molecule has 1 amide bonds. The van der Waals surface area contributed by atoms with Crippen molar-refractivity contribution in [2.75, 3.05) is 31.3 Å². The number of para-hydroxylation sites is 1. The van der Waals surface area contributed by atoms with E-state index in [4.69, 9.17) is 0 Å². The zero-order chi connectivity index (χ0) is 13.8. The van der Waals surface area contributed by atoms with E-state index in [1.165, 1.54) is 10.6 Å².